The van der Waals surface area contributed by atoms with Crippen molar-refractivity contribution in [2.45, 2.75) is 22.9 Å². The summed E-state index contributed by atoms with van der Waals surface area (Å²) in [6, 6.07) is 0. The molecule has 1 aliphatic heterocycles. The molecule has 1 saturated heterocycles. The highest BCUT2D eigenvalue weighted by molar-refractivity contribution is 8.00. The Hall–Kier alpha value is 0.190. The van der Waals surface area contributed by atoms with E-state index in [0.29, 0.717) is 6.61 Å². The van der Waals surface area contributed by atoms with Crippen LogP contribution in [0.15, 0.2) is 0 Å². The second-order valence-electron chi connectivity index (χ2n) is 3.13. The lowest BCUT2D eigenvalue weighted by molar-refractivity contribution is -0.0717. The second kappa shape index (κ2) is 5.92. The highest BCUT2D eigenvalue weighted by Gasteiger charge is 2.45. The molecule has 1 heterocycles. The Labute approximate surface area is 89.2 Å². The van der Waals surface area contributed by atoms with Crippen LogP contribution < -0.4 is 0 Å². The summed E-state index contributed by atoms with van der Waals surface area (Å²) in [5, 5.41) is 0.278. The minimum absolute atomic E-state index is 0.0184. The van der Waals surface area contributed by atoms with Crippen LogP contribution in [-0.4, -0.2) is 57.9 Å². The fraction of sp³-hybridized carbons (Fsp3) is 1.00. The third kappa shape index (κ3) is 2.41. The van der Waals surface area contributed by atoms with E-state index in [2.05, 4.69) is 0 Å². The van der Waals surface area contributed by atoms with Crippen LogP contribution in [0.4, 0.5) is 0 Å². The lowest BCUT2D eigenvalue weighted by Crippen LogP contribution is -2.37. The summed E-state index contributed by atoms with van der Waals surface area (Å²) in [5.41, 5.74) is 0.0325. The lowest BCUT2D eigenvalue weighted by atomic mass is 10.1. The lowest BCUT2D eigenvalue weighted by Gasteiger charge is -2.22. The van der Waals surface area contributed by atoms with Crippen molar-refractivity contribution in [2.24, 2.45) is 0 Å². The van der Waals surface area contributed by atoms with Gasteiger partial charge in [0.1, 0.15) is 17.6 Å². The van der Waals surface area contributed by atoms with E-state index >= 15 is 0 Å². The maximum atomic E-state index is 5.41. The van der Waals surface area contributed by atoms with Crippen molar-refractivity contribution in [1.82, 2.24) is 0 Å². The number of thioether (sulfide) groups is 1. The van der Waals surface area contributed by atoms with Crippen molar-refractivity contribution in [3.63, 3.8) is 0 Å². The molecule has 1 aliphatic rings. The van der Waals surface area contributed by atoms with Crippen LogP contribution in [0.3, 0.4) is 0 Å². The Morgan fingerprint density at radius 2 is 1.57 bits per heavy atom. The van der Waals surface area contributed by atoms with E-state index < -0.39 is 0 Å². The van der Waals surface area contributed by atoms with Crippen LogP contribution in [0.25, 0.3) is 0 Å². The smallest absolute Gasteiger partial charge is 0.132 e. The molecule has 14 heavy (non-hydrogen) atoms. The summed E-state index contributed by atoms with van der Waals surface area (Å²) in [5.74, 6) is 0. The first kappa shape index (κ1) is 12.3. The molecular formula is C9H18O4S. The average Bonchev–Trinajstić information content (AvgIpc) is 2.55. The topological polar surface area (TPSA) is 36.9 Å². The zero-order valence-corrected chi connectivity index (χ0v) is 9.87. The molecule has 5 heteroatoms. The van der Waals surface area contributed by atoms with Gasteiger partial charge in [-0.25, -0.2) is 0 Å². The first-order valence-corrected chi connectivity index (χ1v) is 5.45. The Bertz CT molecular complexity index is 167. The SMILES string of the molecule is COC[C@H]1SC(OC)[C@H](OC)[C@H]1OC. The monoisotopic (exact) mass is 222 g/mol. The van der Waals surface area contributed by atoms with E-state index in [9.17, 15) is 0 Å². The number of hydrogen-bond donors (Lipinski definition) is 0. The number of hydrogen-bond acceptors (Lipinski definition) is 5. The van der Waals surface area contributed by atoms with E-state index in [1.807, 2.05) is 0 Å². The van der Waals surface area contributed by atoms with Crippen LogP contribution >= 0.6 is 11.8 Å². The van der Waals surface area contributed by atoms with E-state index in [-0.39, 0.29) is 22.9 Å². The van der Waals surface area contributed by atoms with E-state index in [4.69, 9.17) is 18.9 Å². The van der Waals surface area contributed by atoms with Gasteiger partial charge >= 0.3 is 0 Å². The Balaban J connectivity index is 2.62. The summed E-state index contributed by atoms with van der Waals surface area (Å²) < 4.78 is 21.2. The van der Waals surface area contributed by atoms with Crippen LogP contribution in [0.5, 0.6) is 0 Å². The summed E-state index contributed by atoms with van der Waals surface area (Å²) in [4.78, 5) is 0. The zero-order chi connectivity index (χ0) is 10.6. The Morgan fingerprint density at radius 3 is 2.00 bits per heavy atom. The Morgan fingerprint density at radius 1 is 0.929 bits per heavy atom. The molecule has 0 aliphatic carbocycles. The van der Waals surface area contributed by atoms with Crippen molar-refractivity contribution >= 4 is 11.8 Å². The molecule has 1 fully saturated rings. The predicted molar refractivity (Wildman–Crippen MR) is 55.6 cm³/mol. The quantitative estimate of drug-likeness (QED) is 0.686. The van der Waals surface area contributed by atoms with Gasteiger partial charge in [-0.1, -0.05) is 0 Å². The molecule has 0 bridgehead atoms. The average molecular weight is 222 g/mol. The number of rotatable bonds is 5. The van der Waals surface area contributed by atoms with Gasteiger partial charge in [-0.05, 0) is 0 Å². The van der Waals surface area contributed by atoms with Gasteiger partial charge in [-0.3, -0.25) is 0 Å². The maximum Gasteiger partial charge on any atom is 0.132 e. The number of methoxy groups -OCH3 is 4. The molecule has 84 valence electrons. The Kier molecular flexibility index (Phi) is 5.19. The van der Waals surface area contributed by atoms with E-state index in [1.54, 1.807) is 40.2 Å². The molecule has 0 amide bonds. The summed E-state index contributed by atoms with van der Waals surface area (Å²) in [6.07, 6.45) is 0.0186. The molecule has 0 aromatic rings. The van der Waals surface area contributed by atoms with Gasteiger partial charge in [0, 0.05) is 28.4 Å². The normalized spacial score (nSPS) is 37.7. The first-order chi connectivity index (χ1) is 6.78. The molecule has 0 N–H and O–H groups in total. The molecule has 0 aromatic carbocycles. The van der Waals surface area contributed by atoms with E-state index in [1.165, 1.54) is 0 Å². The van der Waals surface area contributed by atoms with Crippen LogP contribution in [0, 0.1) is 0 Å². The third-order valence-electron chi connectivity index (χ3n) is 2.37. The van der Waals surface area contributed by atoms with Gasteiger partial charge in [0.15, 0.2) is 0 Å². The van der Waals surface area contributed by atoms with Crippen molar-refractivity contribution in [3.8, 4) is 0 Å². The van der Waals surface area contributed by atoms with Crippen LogP contribution in [-0.2, 0) is 18.9 Å². The molecule has 0 radical (unpaired) electrons. The minimum Gasteiger partial charge on any atom is -0.383 e. The van der Waals surface area contributed by atoms with E-state index in [0.717, 1.165) is 0 Å². The van der Waals surface area contributed by atoms with Crippen molar-refractivity contribution in [3.05, 3.63) is 0 Å². The maximum absolute atomic E-state index is 5.41. The fourth-order valence-corrected chi connectivity index (χ4v) is 3.22. The van der Waals surface area contributed by atoms with Gasteiger partial charge in [-0.15, -0.1) is 11.8 Å². The summed E-state index contributed by atoms with van der Waals surface area (Å²) in [7, 11) is 6.75. The van der Waals surface area contributed by atoms with Gasteiger partial charge in [0.05, 0.1) is 11.9 Å². The molecule has 0 spiro atoms. The molecule has 4 atom stereocenters. The van der Waals surface area contributed by atoms with Gasteiger partial charge in [0.25, 0.3) is 0 Å². The number of ether oxygens (including phenoxy) is 4. The molecule has 0 aromatic heterocycles. The highest BCUT2D eigenvalue weighted by Crippen LogP contribution is 2.37. The molecule has 0 saturated carbocycles. The highest BCUT2D eigenvalue weighted by atomic mass is 32.2. The summed E-state index contributed by atoms with van der Waals surface area (Å²) in [6.45, 7) is 0.656. The molecule has 1 unspecified atom stereocenters. The standard InChI is InChI=1S/C9H18O4S/c1-10-5-6-7(11-2)8(12-3)9(13-4)14-6/h6-9H,5H2,1-4H3/t6-,7+,8-,9?/m1/s1. The van der Waals surface area contributed by atoms with Gasteiger partial charge < -0.3 is 18.9 Å². The van der Waals surface area contributed by atoms with Gasteiger partial charge in [0.2, 0.25) is 0 Å². The van der Waals surface area contributed by atoms with Crippen molar-refractivity contribution in [1.29, 1.82) is 0 Å². The third-order valence-corrected chi connectivity index (χ3v) is 3.86. The largest absolute Gasteiger partial charge is 0.383 e. The van der Waals surface area contributed by atoms with Crippen LogP contribution in [0.1, 0.15) is 0 Å². The first-order valence-electron chi connectivity index (χ1n) is 4.51. The van der Waals surface area contributed by atoms with Crippen LogP contribution in [0.2, 0.25) is 0 Å². The van der Waals surface area contributed by atoms with Crippen molar-refractivity contribution < 1.29 is 18.9 Å². The molecular weight excluding hydrogens is 204 g/mol. The zero-order valence-electron chi connectivity index (χ0n) is 9.06. The molecule has 1 rings (SSSR count). The van der Waals surface area contributed by atoms with Gasteiger partial charge in [-0.2, -0.15) is 0 Å². The summed E-state index contributed by atoms with van der Waals surface area (Å²) >= 11 is 1.70. The minimum atomic E-state index is -0.0184. The predicted octanol–water partition coefficient (Wildman–Crippen LogP) is 0.751. The molecule has 4 nitrogen and oxygen atoms in total. The fourth-order valence-electron chi connectivity index (χ4n) is 1.71. The second-order valence-corrected chi connectivity index (χ2v) is 4.48. The van der Waals surface area contributed by atoms with Crippen molar-refractivity contribution in [2.75, 3.05) is 35.0 Å².